The van der Waals surface area contributed by atoms with Crippen molar-refractivity contribution in [3.8, 4) is 34.1 Å². The largest absolute Gasteiger partial charge is 0.504 e. The predicted molar refractivity (Wildman–Crippen MR) is 159 cm³/mol. The number of aromatic hydroxyl groups is 1. The van der Waals surface area contributed by atoms with Gasteiger partial charge in [0.15, 0.2) is 11.5 Å². The molecule has 0 unspecified atom stereocenters. The molecule has 0 aliphatic carbocycles. The molecule has 0 radical (unpaired) electrons. The summed E-state index contributed by atoms with van der Waals surface area (Å²) in [5.74, 6) is -0.678. The molecular formula is C33H39ClO6. The molecule has 1 atom stereocenters. The Balaban J connectivity index is 1.49. The Morgan fingerprint density at radius 2 is 1.35 bits per heavy atom. The fourth-order valence-corrected chi connectivity index (χ4v) is 4.09. The van der Waals surface area contributed by atoms with Crippen molar-refractivity contribution in [3.63, 3.8) is 0 Å². The van der Waals surface area contributed by atoms with Crippen LogP contribution in [-0.2, 0) is 4.79 Å². The van der Waals surface area contributed by atoms with Gasteiger partial charge in [-0.25, -0.2) is 4.79 Å². The van der Waals surface area contributed by atoms with Crippen LogP contribution < -0.4 is 14.2 Å². The van der Waals surface area contributed by atoms with E-state index in [0.717, 1.165) is 29.9 Å². The minimum atomic E-state index is -0.849. The lowest BCUT2D eigenvalue weighted by molar-refractivity contribution is -0.134. The first-order valence-corrected chi connectivity index (χ1v) is 14.5. The van der Waals surface area contributed by atoms with Crippen LogP contribution in [0.15, 0.2) is 66.7 Å². The summed E-state index contributed by atoms with van der Waals surface area (Å²) in [5, 5.41) is 9.38. The highest BCUT2D eigenvalue weighted by molar-refractivity contribution is 6.30. The minimum absolute atomic E-state index is 0.0774. The number of benzene rings is 3. The van der Waals surface area contributed by atoms with Crippen LogP contribution in [0.4, 0.5) is 0 Å². The summed E-state index contributed by atoms with van der Waals surface area (Å²) in [5.41, 5.74) is 2.11. The number of unbranched alkanes of at least 4 members (excludes halogenated alkanes) is 6. The van der Waals surface area contributed by atoms with Gasteiger partial charge in [0, 0.05) is 0 Å². The maximum atomic E-state index is 12.6. The molecule has 0 aromatic heterocycles. The van der Waals surface area contributed by atoms with Crippen molar-refractivity contribution in [1.82, 2.24) is 0 Å². The van der Waals surface area contributed by atoms with Crippen LogP contribution in [0.25, 0.3) is 11.1 Å². The van der Waals surface area contributed by atoms with E-state index in [9.17, 15) is 14.7 Å². The van der Waals surface area contributed by atoms with Crippen molar-refractivity contribution >= 4 is 23.5 Å². The van der Waals surface area contributed by atoms with E-state index in [-0.39, 0.29) is 23.0 Å². The van der Waals surface area contributed by atoms with Crippen molar-refractivity contribution in [2.24, 2.45) is 5.92 Å². The van der Waals surface area contributed by atoms with Gasteiger partial charge in [0.25, 0.3) is 0 Å². The van der Waals surface area contributed by atoms with E-state index in [1.807, 2.05) is 36.4 Å². The molecule has 0 aliphatic heterocycles. The molecule has 6 nitrogen and oxygen atoms in total. The van der Waals surface area contributed by atoms with E-state index in [1.165, 1.54) is 56.7 Å². The second-order valence-corrected chi connectivity index (χ2v) is 10.6. The highest BCUT2D eigenvalue weighted by atomic mass is 35.5. The summed E-state index contributed by atoms with van der Waals surface area (Å²) in [6.45, 7) is 6.53. The molecule has 0 saturated heterocycles. The van der Waals surface area contributed by atoms with Crippen molar-refractivity contribution in [3.05, 3.63) is 72.3 Å². The first-order chi connectivity index (χ1) is 19.3. The van der Waals surface area contributed by atoms with Crippen LogP contribution in [0, 0.1) is 5.92 Å². The lowest BCUT2D eigenvalue weighted by Crippen LogP contribution is -2.25. The lowest BCUT2D eigenvalue weighted by atomic mass is 10.1. The van der Waals surface area contributed by atoms with Crippen molar-refractivity contribution < 1.29 is 28.9 Å². The molecule has 0 saturated carbocycles. The summed E-state index contributed by atoms with van der Waals surface area (Å²) in [7, 11) is 0. The normalized spacial score (nSPS) is 11.7. The monoisotopic (exact) mass is 566 g/mol. The Morgan fingerprint density at radius 3 is 1.93 bits per heavy atom. The Bertz CT molecular complexity index is 1220. The molecule has 0 fully saturated rings. The summed E-state index contributed by atoms with van der Waals surface area (Å²) in [6, 6.07) is 19.0. The summed E-state index contributed by atoms with van der Waals surface area (Å²) < 4.78 is 16.5. The lowest BCUT2D eigenvalue weighted by Gasteiger charge is -2.13. The van der Waals surface area contributed by atoms with Gasteiger partial charge in [-0.2, -0.15) is 0 Å². The fraction of sp³-hybridized carbons (Fsp3) is 0.394. The highest BCUT2D eigenvalue weighted by Crippen LogP contribution is 2.29. The van der Waals surface area contributed by atoms with Gasteiger partial charge in [-0.3, -0.25) is 4.79 Å². The number of ether oxygens (including phenoxy) is 3. The van der Waals surface area contributed by atoms with Gasteiger partial charge in [-0.15, -0.1) is 11.6 Å². The number of rotatable bonds is 15. The second-order valence-electron chi connectivity index (χ2n) is 10.2. The molecule has 214 valence electrons. The predicted octanol–water partition coefficient (Wildman–Crippen LogP) is 8.58. The van der Waals surface area contributed by atoms with Gasteiger partial charge in [0.1, 0.15) is 16.9 Å². The number of carbonyl (C=O) groups is 2. The molecule has 0 bridgehead atoms. The van der Waals surface area contributed by atoms with E-state index in [4.69, 9.17) is 25.8 Å². The molecule has 0 aliphatic rings. The highest BCUT2D eigenvalue weighted by Gasteiger charge is 2.23. The third kappa shape index (κ3) is 9.60. The number of phenols is 1. The molecule has 1 N–H and O–H groups in total. The fourth-order valence-electron chi connectivity index (χ4n) is 4.04. The van der Waals surface area contributed by atoms with E-state index in [2.05, 4.69) is 6.92 Å². The second kappa shape index (κ2) is 15.9. The number of alkyl halides is 1. The van der Waals surface area contributed by atoms with Crippen LogP contribution in [0.3, 0.4) is 0 Å². The van der Waals surface area contributed by atoms with E-state index in [1.54, 1.807) is 26.0 Å². The standard InChI is InChI=1S/C33H39ClO6/c1-4-5-6-7-8-9-10-21-38-27-16-11-24(12-17-27)25-13-18-28(19-14-25)39-32(36)26-15-20-30(29(35)22-26)40-33(37)31(34)23(2)3/h11-20,22-23,31,35H,4-10,21H2,1-3H3/t31-/m0/s1. The van der Waals surface area contributed by atoms with Gasteiger partial charge in [0.05, 0.1) is 12.2 Å². The molecule has 0 spiro atoms. The molecule has 0 amide bonds. The third-order valence-electron chi connectivity index (χ3n) is 6.48. The molecular weight excluding hydrogens is 528 g/mol. The van der Waals surface area contributed by atoms with Crippen molar-refractivity contribution in [2.75, 3.05) is 6.61 Å². The Labute approximate surface area is 242 Å². The van der Waals surface area contributed by atoms with Crippen molar-refractivity contribution in [1.29, 1.82) is 0 Å². The number of halogens is 1. The average Bonchev–Trinajstić information content (AvgIpc) is 2.95. The Hall–Kier alpha value is -3.51. The van der Waals surface area contributed by atoms with E-state index >= 15 is 0 Å². The van der Waals surface area contributed by atoms with Crippen LogP contribution in [0.1, 0.15) is 76.1 Å². The van der Waals surface area contributed by atoms with Crippen LogP contribution in [0.5, 0.6) is 23.0 Å². The van der Waals surface area contributed by atoms with Crippen molar-refractivity contribution in [2.45, 2.75) is 71.1 Å². The maximum absolute atomic E-state index is 12.6. The van der Waals surface area contributed by atoms with Crippen LogP contribution in [0.2, 0.25) is 0 Å². The first kappa shape index (κ1) is 31.0. The zero-order valence-corrected chi connectivity index (χ0v) is 24.3. The van der Waals surface area contributed by atoms with Gasteiger partial charge in [0.2, 0.25) is 0 Å². The molecule has 3 aromatic carbocycles. The van der Waals surface area contributed by atoms with Gasteiger partial charge in [-0.1, -0.05) is 83.6 Å². The van der Waals surface area contributed by atoms with Gasteiger partial charge in [-0.05, 0) is 65.9 Å². The number of hydrogen-bond acceptors (Lipinski definition) is 6. The van der Waals surface area contributed by atoms with Gasteiger partial charge < -0.3 is 19.3 Å². The number of phenolic OH excluding ortho intramolecular Hbond substituents is 1. The summed E-state index contributed by atoms with van der Waals surface area (Å²) in [6.07, 6.45) is 8.78. The van der Waals surface area contributed by atoms with E-state index in [0.29, 0.717) is 5.75 Å². The SMILES string of the molecule is CCCCCCCCCOc1ccc(-c2ccc(OC(=O)c3ccc(OC(=O)[C@@H](Cl)C(C)C)c(O)c3)cc2)cc1. The quantitative estimate of drug-likeness (QED) is 0.0858. The molecule has 0 heterocycles. The average molecular weight is 567 g/mol. The molecule has 40 heavy (non-hydrogen) atoms. The van der Waals surface area contributed by atoms with Gasteiger partial charge >= 0.3 is 11.9 Å². The summed E-state index contributed by atoms with van der Waals surface area (Å²) >= 11 is 6.00. The number of carbonyl (C=O) groups excluding carboxylic acids is 2. The molecule has 7 heteroatoms. The Morgan fingerprint density at radius 1 is 0.775 bits per heavy atom. The third-order valence-corrected chi connectivity index (χ3v) is 7.17. The zero-order valence-electron chi connectivity index (χ0n) is 23.5. The Kier molecular flexibility index (Phi) is 12.4. The van der Waals surface area contributed by atoms with E-state index < -0.39 is 17.3 Å². The topological polar surface area (TPSA) is 82.1 Å². The molecule has 3 aromatic rings. The van der Waals surface area contributed by atoms with Crippen LogP contribution in [-0.4, -0.2) is 29.0 Å². The summed E-state index contributed by atoms with van der Waals surface area (Å²) in [4.78, 5) is 24.6. The smallest absolute Gasteiger partial charge is 0.343 e. The minimum Gasteiger partial charge on any atom is -0.504 e. The number of hydrogen-bond donors (Lipinski definition) is 1. The number of esters is 2. The van der Waals surface area contributed by atoms with Crippen LogP contribution >= 0.6 is 11.6 Å². The maximum Gasteiger partial charge on any atom is 0.343 e. The molecule has 3 rings (SSSR count). The zero-order chi connectivity index (χ0) is 28.9. The first-order valence-electron chi connectivity index (χ1n) is 14.0.